The van der Waals surface area contributed by atoms with Crippen molar-refractivity contribution in [3.8, 4) is 17.2 Å². The number of nitrogens with zero attached hydrogens (tertiary/aromatic N) is 1. The number of amides is 3. The molecule has 0 heterocycles. The number of hydrogen-bond donors (Lipinski definition) is 3. The first-order chi connectivity index (χ1) is 14.3. The number of anilines is 1. The van der Waals surface area contributed by atoms with Gasteiger partial charge in [-0.2, -0.15) is 5.10 Å². The molecular weight excluding hydrogens is 392 g/mol. The highest BCUT2D eigenvalue weighted by atomic mass is 16.5. The van der Waals surface area contributed by atoms with E-state index in [-0.39, 0.29) is 12.3 Å². The highest BCUT2D eigenvalue weighted by Crippen LogP contribution is 2.28. The van der Waals surface area contributed by atoms with Crippen molar-refractivity contribution in [1.29, 1.82) is 0 Å². The molecular formula is C20H22N4O6. The second-order valence-corrected chi connectivity index (χ2v) is 5.94. The van der Waals surface area contributed by atoms with Crippen LogP contribution in [0.2, 0.25) is 0 Å². The number of nitrogens with one attached hydrogen (secondary N) is 2. The zero-order valence-electron chi connectivity index (χ0n) is 16.7. The van der Waals surface area contributed by atoms with E-state index in [1.807, 2.05) is 0 Å². The van der Waals surface area contributed by atoms with Crippen molar-refractivity contribution in [2.45, 2.75) is 6.92 Å². The second-order valence-electron chi connectivity index (χ2n) is 5.94. The summed E-state index contributed by atoms with van der Waals surface area (Å²) in [6.45, 7) is 1.43. The van der Waals surface area contributed by atoms with E-state index < -0.39 is 17.7 Å². The molecule has 0 fully saturated rings. The normalized spacial score (nSPS) is 10.7. The summed E-state index contributed by atoms with van der Waals surface area (Å²) < 4.78 is 15.4. The van der Waals surface area contributed by atoms with Gasteiger partial charge in [-0.3, -0.25) is 14.4 Å². The van der Waals surface area contributed by atoms with Gasteiger partial charge >= 0.3 is 11.8 Å². The van der Waals surface area contributed by atoms with Crippen molar-refractivity contribution < 1.29 is 28.6 Å². The van der Waals surface area contributed by atoms with Crippen LogP contribution in [0.25, 0.3) is 0 Å². The van der Waals surface area contributed by atoms with Crippen LogP contribution in [-0.2, 0) is 14.4 Å². The molecule has 10 nitrogen and oxygen atoms in total. The van der Waals surface area contributed by atoms with Crippen LogP contribution < -0.4 is 30.7 Å². The van der Waals surface area contributed by atoms with Gasteiger partial charge in [0, 0.05) is 6.07 Å². The van der Waals surface area contributed by atoms with Crippen LogP contribution in [0.1, 0.15) is 12.5 Å². The van der Waals surface area contributed by atoms with Gasteiger partial charge in [0.25, 0.3) is 5.91 Å². The monoisotopic (exact) mass is 414 g/mol. The third-order valence-electron chi connectivity index (χ3n) is 3.84. The molecule has 0 aliphatic heterocycles. The molecule has 0 radical (unpaired) electrons. The van der Waals surface area contributed by atoms with E-state index in [0.717, 1.165) is 0 Å². The lowest BCUT2D eigenvalue weighted by molar-refractivity contribution is -0.136. The van der Waals surface area contributed by atoms with Crippen LogP contribution in [0.3, 0.4) is 0 Å². The Kier molecular flexibility index (Phi) is 7.74. The predicted octanol–water partition coefficient (Wildman–Crippen LogP) is 1.05. The van der Waals surface area contributed by atoms with Gasteiger partial charge in [-0.1, -0.05) is 0 Å². The van der Waals surface area contributed by atoms with E-state index in [1.54, 1.807) is 43.3 Å². The fourth-order valence-electron chi connectivity index (χ4n) is 2.29. The molecule has 0 saturated carbocycles. The number of benzene rings is 2. The molecule has 3 amide bonds. The Hall–Kier alpha value is -4.08. The molecule has 10 heteroatoms. The number of methoxy groups -OCH3 is 2. The summed E-state index contributed by atoms with van der Waals surface area (Å²) in [6, 6.07) is 11.4. The standard InChI is InChI=1S/C20H22N4O6/c1-12(13-4-6-14(7-5-13)30-11-18(21)25)23-24-20(27)19(26)22-16-10-15(28-2)8-9-17(16)29-3/h4-10H,11H2,1-3H3,(H2,21,25)(H,22,26)(H,24,27). The van der Waals surface area contributed by atoms with Crippen molar-refractivity contribution in [2.24, 2.45) is 10.8 Å². The number of primary amides is 1. The topological polar surface area (TPSA) is 141 Å². The Morgan fingerprint density at radius 3 is 2.23 bits per heavy atom. The highest BCUT2D eigenvalue weighted by molar-refractivity contribution is 6.39. The molecule has 0 aliphatic rings. The van der Waals surface area contributed by atoms with E-state index in [0.29, 0.717) is 28.5 Å². The van der Waals surface area contributed by atoms with Crippen molar-refractivity contribution in [2.75, 3.05) is 26.1 Å². The molecule has 0 aliphatic carbocycles. The van der Waals surface area contributed by atoms with Crippen molar-refractivity contribution in [1.82, 2.24) is 5.43 Å². The summed E-state index contributed by atoms with van der Waals surface area (Å²) >= 11 is 0. The first kappa shape index (κ1) is 22.2. The van der Waals surface area contributed by atoms with Gasteiger partial charge in [0.05, 0.1) is 25.6 Å². The number of carbonyl (C=O) groups is 3. The lowest BCUT2D eigenvalue weighted by Gasteiger charge is -2.11. The lowest BCUT2D eigenvalue weighted by atomic mass is 10.1. The smallest absolute Gasteiger partial charge is 0.329 e. The van der Waals surface area contributed by atoms with Crippen LogP contribution in [0, 0.1) is 0 Å². The zero-order chi connectivity index (χ0) is 22.1. The van der Waals surface area contributed by atoms with Crippen LogP contribution in [-0.4, -0.2) is 44.3 Å². The molecule has 4 N–H and O–H groups in total. The second kappa shape index (κ2) is 10.5. The largest absolute Gasteiger partial charge is 0.497 e. The minimum Gasteiger partial charge on any atom is -0.497 e. The number of ether oxygens (including phenoxy) is 3. The molecule has 0 spiro atoms. The number of hydrogen-bond acceptors (Lipinski definition) is 7. The molecule has 0 saturated heterocycles. The summed E-state index contributed by atoms with van der Waals surface area (Å²) in [6.07, 6.45) is 0. The van der Waals surface area contributed by atoms with Crippen LogP contribution >= 0.6 is 0 Å². The summed E-state index contributed by atoms with van der Waals surface area (Å²) in [7, 11) is 2.92. The molecule has 0 bridgehead atoms. The van der Waals surface area contributed by atoms with Gasteiger partial charge in [-0.25, -0.2) is 5.43 Å². The van der Waals surface area contributed by atoms with Gasteiger partial charge in [-0.05, 0) is 48.9 Å². The minimum atomic E-state index is -0.958. The minimum absolute atomic E-state index is 0.227. The quantitative estimate of drug-likeness (QED) is 0.335. The average molecular weight is 414 g/mol. The fourth-order valence-corrected chi connectivity index (χ4v) is 2.29. The molecule has 0 aromatic heterocycles. The van der Waals surface area contributed by atoms with Crippen molar-refractivity contribution in [3.05, 3.63) is 48.0 Å². The molecule has 30 heavy (non-hydrogen) atoms. The molecule has 0 unspecified atom stereocenters. The third kappa shape index (κ3) is 6.23. The van der Waals surface area contributed by atoms with E-state index in [2.05, 4.69) is 15.8 Å². The maximum absolute atomic E-state index is 12.2. The van der Waals surface area contributed by atoms with Crippen LogP contribution in [0.5, 0.6) is 17.2 Å². The van der Waals surface area contributed by atoms with Gasteiger partial charge in [-0.15, -0.1) is 0 Å². The highest BCUT2D eigenvalue weighted by Gasteiger charge is 2.16. The Balaban J connectivity index is 1.99. The average Bonchev–Trinajstić information content (AvgIpc) is 2.75. The Labute approximate surface area is 173 Å². The summed E-state index contributed by atoms with van der Waals surface area (Å²) in [5.74, 6) is -1.14. The maximum atomic E-state index is 12.2. The first-order valence-corrected chi connectivity index (χ1v) is 8.73. The zero-order valence-corrected chi connectivity index (χ0v) is 16.7. The third-order valence-corrected chi connectivity index (χ3v) is 3.84. The molecule has 2 rings (SSSR count). The molecule has 158 valence electrons. The van der Waals surface area contributed by atoms with Gasteiger partial charge in [0.1, 0.15) is 17.2 Å². The van der Waals surface area contributed by atoms with E-state index in [4.69, 9.17) is 19.9 Å². The Bertz CT molecular complexity index is 956. The van der Waals surface area contributed by atoms with Gasteiger partial charge < -0.3 is 25.3 Å². The molecule has 2 aromatic carbocycles. The van der Waals surface area contributed by atoms with Crippen LogP contribution in [0.4, 0.5) is 5.69 Å². The van der Waals surface area contributed by atoms with E-state index in [1.165, 1.54) is 20.3 Å². The fraction of sp³-hybridized carbons (Fsp3) is 0.200. The van der Waals surface area contributed by atoms with Gasteiger partial charge in [0.15, 0.2) is 6.61 Å². The maximum Gasteiger partial charge on any atom is 0.329 e. The Morgan fingerprint density at radius 1 is 0.967 bits per heavy atom. The van der Waals surface area contributed by atoms with E-state index >= 15 is 0 Å². The van der Waals surface area contributed by atoms with E-state index in [9.17, 15) is 14.4 Å². The molecule has 0 atom stereocenters. The predicted molar refractivity (Wildman–Crippen MR) is 110 cm³/mol. The van der Waals surface area contributed by atoms with Crippen molar-refractivity contribution in [3.63, 3.8) is 0 Å². The Morgan fingerprint density at radius 2 is 1.63 bits per heavy atom. The summed E-state index contributed by atoms with van der Waals surface area (Å²) in [5.41, 5.74) is 8.63. The lowest BCUT2D eigenvalue weighted by Crippen LogP contribution is -2.33. The number of carbonyl (C=O) groups excluding carboxylic acids is 3. The van der Waals surface area contributed by atoms with Gasteiger partial charge in [0.2, 0.25) is 0 Å². The van der Waals surface area contributed by atoms with Crippen LogP contribution in [0.15, 0.2) is 47.6 Å². The number of rotatable bonds is 8. The SMILES string of the molecule is COc1ccc(OC)c(NC(=O)C(=O)NN=C(C)c2ccc(OCC(N)=O)cc2)c1. The summed E-state index contributed by atoms with van der Waals surface area (Å²) in [5, 5.41) is 6.37. The summed E-state index contributed by atoms with van der Waals surface area (Å²) in [4.78, 5) is 35.0. The van der Waals surface area contributed by atoms with Crippen molar-refractivity contribution >= 4 is 29.1 Å². The molecule has 2 aromatic rings. The first-order valence-electron chi connectivity index (χ1n) is 8.73. The number of nitrogens with two attached hydrogens (primary N) is 1. The number of hydrazone groups is 1.